The third-order valence-electron chi connectivity index (χ3n) is 5.88. The summed E-state index contributed by atoms with van der Waals surface area (Å²) in [6.07, 6.45) is 3.29. The molecule has 0 atom stereocenters. The lowest BCUT2D eigenvalue weighted by molar-refractivity contribution is 0.212. The topological polar surface area (TPSA) is 65.0 Å². The largest absolute Gasteiger partial charge is 0.368 e. The number of anilines is 1. The van der Waals surface area contributed by atoms with Crippen molar-refractivity contribution in [3.8, 4) is 0 Å². The number of para-hydroxylation sites is 1. The zero-order valence-corrected chi connectivity index (χ0v) is 21.9. The zero-order chi connectivity index (χ0) is 26.5. The molecule has 0 aromatic heterocycles. The van der Waals surface area contributed by atoms with Crippen molar-refractivity contribution in [3.05, 3.63) is 96.5 Å². The second-order valence-electron chi connectivity index (χ2n) is 8.69. The molecular formula is C28H33FN4O2S. The molecular weight excluding hydrogens is 475 g/mol. The van der Waals surface area contributed by atoms with Gasteiger partial charge in [0.1, 0.15) is 10.7 Å². The van der Waals surface area contributed by atoms with Gasteiger partial charge in [0.2, 0.25) is 0 Å². The molecule has 3 rings (SSSR count). The minimum absolute atomic E-state index is 0.128. The number of sulfonamides is 1. The molecule has 2 aromatic rings. The van der Waals surface area contributed by atoms with Crippen molar-refractivity contribution in [1.82, 2.24) is 9.80 Å². The SMILES string of the molecule is C=C(C)/C=C(\C(=C)F)N1CCN(C(=C)c2ccc(NS(=O)(=O)c3cccc(C)c3N=CC)cc2)CC1. The van der Waals surface area contributed by atoms with Gasteiger partial charge in [-0.2, -0.15) is 0 Å². The van der Waals surface area contributed by atoms with E-state index in [0.717, 1.165) is 22.4 Å². The molecule has 0 aliphatic carbocycles. The van der Waals surface area contributed by atoms with Crippen molar-refractivity contribution in [2.45, 2.75) is 25.7 Å². The predicted molar refractivity (Wildman–Crippen MR) is 148 cm³/mol. The van der Waals surface area contributed by atoms with E-state index in [4.69, 9.17) is 0 Å². The van der Waals surface area contributed by atoms with E-state index in [-0.39, 0.29) is 4.90 Å². The van der Waals surface area contributed by atoms with Crippen molar-refractivity contribution < 1.29 is 12.8 Å². The van der Waals surface area contributed by atoms with E-state index >= 15 is 0 Å². The standard InChI is InChI=1S/C28H33FN4O2S/c1-7-30-28-21(4)9-8-10-27(28)36(34,35)31-25-13-11-24(12-14-25)23(6)32-15-17-33(18-16-32)26(22(5)29)19-20(2)3/h7-14,19,31H,2,5-6,15-18H2,1,3-4H3/b26-19+,30-7?. The summed E-state index contributed by atoms with van der Waals surface area (Å²) in [4.78, 5) is 8.47. The van der Waals surface area contributed by atoms with Crippen LogP contribution in [0, 0.1) is 6.92 Å². The van der Waals surface area contributed by atoms with Gasteiger partial charge in [0, 0.05) is 43.8 Å². The second-order valence-corrected chi connectivity index (χ2v) is 10.3. The van der Waals surface area contributed by atoms with Crippen LogP contribution in [0.4, 0.5) is 15.8 Å². The molecule has 0 bridgehead atoms. The molecule has 8 heteroatoms. The lowest BCUT2D eigenvalue weighted by atomic mass is 10.1. The van der Waals surface area contributed by atoms with Crippen LogP contribution in [0.15, 0.2) is 95.3 Å². The molecule has 1 N–H and O–H groups in total. The van der Waals surface area contributed by atoms with Gasteiger partial charge in [-0.3, -0.25) is 9.71 Å². The summed E-state index contributed by atoms with van der Waals surface area (Å²) in [6, 6.07) is 12.2. The molecule has 0 saturated carbocycles. The number of nitrogens with one attached hydrogen (secondary N) is 1. The Hall–Kier alpha value is -3.65. The number of aliphatic imine (C=N–C) groups is 1. The summed E-state index contributed by atoms with van der Waals surface area (Å²) in [5.74, 6) is -0.470. The van der Waals surface area contributed by atoms with E-state index in [9.17, 15) is 12.8 Å². The van der Waals surface area contributed by atoms with Crippen LogP contribution < -0.4 is 4.72 Å². The van der Waals surface area contributed by atoms with E-state index in [1.54, 1.807) is 43.5 Å². The molecule has 0 radical (unpaired) electrons. The fourth-order valence-electron chi connectivity index (χ4n) is 4.06. The highest BCUT2D eigenvalue weighted by atomic mass is 32.2. The third-order valence-corrected chi connectivity index (χ3v) is 7.29. The molecule has 36 heavy (non-hydrogen) atoms. The number of aryl methyl sites for hydroxylation is 1. The molecule has 0 amide bonds. The van der Waals surface area contributed by atoms with Crippen molar-refractivity contribution >= 4 is 33.3 Å². The zero-order valence-electron chi connectivity index (χ0n) is 21.1. The number of hydrogen-bond acceptors (Lipinski definition) is 5. The number of piperazine rings is 1. The Morgan fingerprint density at radius 1 is 1.03 bits per heavy atom. The van der Waals surface area contributed by atoms with Gasteiger partial charge >= 0.3 is 0 Å². The maximum absolute atomic E-state index is 13.9. The van der Waals surface area contributed by atoms with E-state index < -0.39 is 15.9 Å². The Labute approximate surface area is 213 Å². The molecule has 1 saturated heterocycles. The molecule has 6 nitrogen and oxygen atoms in total. The van der Waals surface area contributed by atoms with Gasteiger partial charge in [-0.15, -0.1) is 0 Å². The normalized spacial score (nSPS) is 14.7. The van der Waals surface area contributed by atoms with Crippen LogP contribution in [-0.2, 0) is 10.0 Å². The van der Waals surface area contributed by atoms with Crippen molar-refractivity contribution in [2.75, 3.05) is 30.9 Å². The van der Waals surface area contributed by atoms with Crippen LogP contribution in [0.1, 0.15) is 25.0 Å². The number of nitrogens with zero attached hydrogens (tertiary/aromatic N) is 3. The first-order valence-electron chi connectivity index (χ1n) is 11.7. The molecule has 0 spiro atoms. The number of hydrogen-bond donors (Lipinski definition) is 1. The summed E-state index contributed by atoms with van der Waals surface area (Å²) < 4.78 is 42.7. The summed E-state index contributed by atoms with van der Waals surface area (Å²) >= 11 is 0. The van der Waals surface area contributed by atoms with Gasteiger partial charge in [-0.1, -0.05) is 49.6 Å². The summed E-state index contributed by atoms with van der Waals surface area (Å²) in [7, 11) is -3.82. The highest BCUT2D eigenvalue weighted by molar-refractivity contribution is 7.92. The van der Waals surface area contributed by atoms with E-state index in [0.29, 0.717) is 43.3 Å². The lowest BCUT2D eigenvalue weighted by Gasteiger charge is -2.39. The maximum Gasteiger partial charge on any atom is 0.264 e. The monoisotopic (exact) mass is 508 g/mol. The Morgan fingerprint density at radius 3 is 2.19 bits per heavy atom. The summed E-state index contributed by atoms with van der Waals surface area (Å²) in [5.41, 5.74) is 4.59. The Balaban J connectivity index is 1.69. The fourth-order valence-corrected chi connectivity index (χ4v) is 5.34. The number of benzene rings is 2. The molecule has 1 fully saturated rings. The Kier molecular flexibility index (Phi) is 8.53. The smallest absolute Gasteiger partial charge is 0.264 e. The van der Waals surface area contributed by atoms with Crippen LogP contribution >= 0.6 is 0 Å². The number of rotatable bonds is 9. The van der Waals surface area contributed by atoms with Gasteiger partial charge in [0.25, 0.3) is 10.0 Å². The van der Waals surface area contributed by atoms with Crippen molar-refractivity contribution in [2.24, 2.45) is 4.99 Å². The maximum atomic E-state index is 13.9. The molecule has 0 unspecified atom stereocenters. The average Bonchev–Trinajstić information content (AvgIpc) is 2.83. The molecule has 1 heterocycles. The van der Waals surface area contributed by atoms with Crippen LogP contribution in [0.3, 0.4) is 0 Å². The molecule has 1 aliphatic rings. The Bertz CT molecular complexity index is 1320. The van der Waals surface area contributed by atoms with E-state index in [1.165, 1.54) is 0 Å². The van der Waals surface area contributed by atoms with Crippen LogP contribution in [0.25, 0.3) is 5.70 Å². The number of allylic oxidation sites excluding steroid dienone is 3. The lowest BCUT2D eigenvalue weighted by Crippen LogP contribution is -2.44. The first kappa shape index (κ1) is 26.9. The first-order valence-corrected chi connectivity index (χ1v) is 13.1. The average molecular weight is 509 g/mol. The minimum atomic E-state index is -3.82. The van der Waals surface area contributed by atoms with Gasteiger partial charge in [-0.05, 0) is 56.2 Å². The summed E-state index contributed by atoms with van der Waals surface area (Å²) in [6.45, 7) is 19.5. The van der Waals surface area contributed by atoms with Gasteiger partial charge in [0.05, 0.1) is 11.4 Å². The Morgan fingerprint density at radius 2 is 1.64 bits per heavy atom. The minimum Gasteiger partial charge on any atom is -0.368 e. The van der Waals surface area contributed by atoms with Gasteiger partial charge < -0.3 is 9.80 Å². The van der Waals surface area contributed by atoms with Gasteiger partial charge in [-0.25, -0.2) is 12.8 Å². The van der Waals surface area contributed by atoms with Crippen LogP contribution in [-0.4, -0.2) is 50.6 Å². The van der Waals surface area contributed by atoms with Crippen LogP contribution in [0.2, 0.25) is 0 Å². The van der Waals surface area contributed by atoms with Gasteiger partial charge in [0.15, 0.2) is 0 Å². The van der Waals surface area contributed by atoms with Crippen LogP contribution in [0.5, 0.6) is 0 Å². The highest BCUT2D eigenvalue weighted by Gasteiger charge is 2.23. The quantitative estimate of drug-likeness (QED) is 0.331. The molecule has 1 aliphatic heterocycles. The molecule has 2 aromatic carbocycles. The summed E-state index contributed by atoms with van der Waals surface area (Å²) in [5, 5.41) is 0. The molecule has 190 valence electrons. The van der Waals surface area contributed by atoms with E-state index in [2.05, 4.69) is 34.4 Å². The fraction of sp³-hybridized carbons (Fsp3) is 0.250. The van der Waals surface area contributed by atoms with Crippen molar-refractivity contribution in [3.63, 3.8) is 0 Å². The first-order chi connectivity index (χ1) is 17.0. The predicted octanol–water partition coefficient (Wildman–Crippen LogP) is 6.05. The van der Waals surface area contributed by atoms with E-state index in [1.807, 2.05) is 36.9 Å². The second kappa shape index (κ2) is 11.4. The third kappa shape index (κ3) is 6.31. The van der Waals surface area contributed by atoms with Crippen molar-refractivity contribution in [1.29, 1.82) is 0 Å². The highest BCUT2D eigenvalue weighted by Crippen LogP contribution is 2.30. The number of halogens is 1.